The van der Waals surface area contributed by atoms with Gasteiger partial charge >= 0.3 is 0 Å². The smallest absolute Gasteiger partial charge is 0.262 e. The molecule has 3 aromatic rings. The summed E-state index contributed by atoms with van der Waals surface area (Å²) in [6, 6.07) is 12.7. The highest BCUT2D eigenvalue weighted by atomic mass is 35.5. The molecule has 3 aliphatic heterocycles. The first-order valence-electron chi connectivity index (χ1n) is 20.1. The number of anilines is 1. The van der Waals surface area contributed by atoms with Crippen LogP contribution in [0, 0.1) is 33.8 Å². The standard InChI is InChI=1S/C44H47ClF2N6O7/c1-43(2)41(44(3,4)42(43)60-28-8-6-25(24-48)32(45)23-28)50-37(55)26-20-33(46)30(34(47)21-26)12-19-59-18-5-13-51-14-16-52(17-15-51)27-7-9-29-31(22-27)40(58)53(39(29)57)35-10-11-36(54)49-38(35)56/h6-9,20-23,35,41-42H,5,10-19H2,1-4H3,(H,50,55)(H,49,54,56). The maximum atomic E-state index is 15.2. The minimum absolute atomic E-state index is 0.000522. The fourth-order valence-electron chi connectivity index (χ4n) is 9.34. The van der Waals surface area contributed by atoms with Crippen LogP contribution in [-0.4, -0.2) is 103 Å². The predicted octanol–water partition coefficient (Wildman–Crippen LogP) is 5.27. The van der Waals surface area contributed by atoms with Crippen molar-refractivity contribution in [3.05, 3.63) is 93.0 Å². The Kier molecular flexibility index (Phi) is 12.0. The Hall–Kier alpha value is -5.43. The van der Waals surface area contributed by atoms with Crippen LogP contribution in [0.2, 0.25) is 5.02 Å². The van der Waals surface area contributed by atoms with E-state index in [-0.39, 0.29) is 65.3 Å². The molecule has 1 aliphatic carbocycles. The minimum Gasteiger partial charge on any atom is -0.489 e. The maximum absolute atomic E-state index is 15.2. The monoisotopic (exact) mass is 844 g/mol. The van der Waals surface area contributed by atoms with Gasteiger partial charge in [0, 0.05) is 91.9 Å². The van der Waals surface area contributed by atoms with Gasteiger partial charge in [0.2, 0.25) is 11.8 Å². The molecule has 0 bridgehead atoms. The number of hydrogen-bond acceptors (Lipinski definition) is 10. The second kappa shape index (κ2) is 16.9. The maximum Gasteiger partial charge on any atom is 0.262 e. The summed E-state index contributed by atoms with van der Waals surface area (Å²) < 4.78 is 42.4. The lowest BCUT2D eigenvalue weighted by Crippen LogP contribution is -2.74. The summed E-state index contributed by atoms with van der Waals surface area (Å²) in [6.45, 7) is 11.9. The number of piperazine rings is 1. The molecule has 2 N–H and O–H groups in total. The molecule has 3 heterocycles. The van der Waals surface area contributed by atoms with Crippen molar-refractivity contribution in [1.29, 1.82) is 5.26 Å². The van der Waals surface area contributed by atoms with Gasteiger partial charge in [-0.2, -0.15) is 5.26 Å². The van der Waals surface area contributed by atoms with Gasteiger partial charge < -0.3 is 19.7 Å². The third-order valence-corrected chi connectivity index (χ3v) is 12.6. The van der Waals surface area contributed by atoms with Gasteiger partial charge in [0.25, 0.3) is 17.7 Å². The third-order valence-electron chi connectivity index (χ3n) is 12.3. The van der Waals surface area contributed by atoms with E-state index in [1.807, 2.05) is 33.8 Å². The van der Waals surface area contributed by atoms with E-state index < -0.39 is 58.0 Å². The lowest BCUT2D eigenvalue weighted by Gasteiger charge is -2.63. The molecule has 2 saturated heterocycles. The van der Waals surface area contributed by atoms with E-state index in [0.717, 1.165) is 42.4 Å². The average molecular weight is 845 g/mol. The van der Waals surface area contributed by atoms with Crippen molar-refractivity contribution >= 4 is 46.8 Å². The van der Waals surface area contributed by atoms with Crippen LogP contribution < -0.4 is 20.3 Å². The van der Waals surface area contributed by atoms with Crippen LogP contribution in [0.1, 0.15) is 89.2 Å². The number of nitrogens with zero attached hydrogens (tertiary/aromatic N) is 4. The van der Waals surface area contributed by atoms with E-state index >= 15 is 8.78 Å². The highest BCUT2D eigenvalue weighted by Crippen LogP contribution is 2.55. The zero-order valence-corrected chi connectivity index (χ0v) is 34.7. The minimum atomic E-state index is -1.01. The first-order valence-corrected chi connectivity index (χ1v) is 20.4. The van der Waals surface area contributed by atoms with Gasteiger partial charge in [-0.1, -0.05) is 39.3 Å². The number of amides is 5. The van der Waals surface area contributed by atoms with Gasteiger partial charge in [0.15, 0.2) is 0 Å². The van der Waals surface area contributed by atoms with Gasteiger partial charge in [0.1, 0.15) is 35.6 Å². The molecule has 13 nitrogen and oxygen atoms in total. The van der Waals surface area contributed by atoms with Gasteiger partial charge in [-0.25, -0.2) is 8.78 Å². The van der Waals surface area contributed by atoms with Crippen LogP contribution in [0.25, 0.3) is 0 Å². The first-order chi connectivity index (χ1) is 28.5. The van der Waals surface area contributed by atoms with Crippen molar-refractivity contribution in [2.24, 2.45) is 10.8 Å². The number of halogens is 3. The first kappa shape index (κ1) is 42.7. The van der Waals surface area contributed by atoms with Crippen molar-refractivity contribution in [1.82, 2.24) is 20.4 Å². The summed E-state index contributed by atoms with van der Waals surface area (Å²) in [4.78, 5) is 69.0. The Morgan fingerprint density at radius 2 is 1.62 bits per heavy atom. The topological polar surface area (TPSA) is 161 Å². The average Bonchev–Trinajstić information content (AvgIpc) is 3.45. The van der Waals surface area contributed by atoms with Gasteiger partial charge in [-0.15, -0.1) is 0 Å². The number of fused-ring (bicyclic) bond motifs is 1. The summed E-state index contributed by atoms with van der Waals surface area (Å²) >= 11 is 6.19. The molecule has 16 heteroatoms. The van der Waals surface area contributed by atoms with Crippen LogP contribution in [0.15, 0.2) is 48.5 Å². The van der Waals surface area contributed by atoms with Crippen molar-refractivity contribution < 1.29 is 42.2 Å². The second-order valence-corrected chi connectivity index (χ2v) is 17.3. The SMILES string of the molecule is CC1(C)C(NC(=O)c2cc(F)c(CCOCCCN3CCN(c4ccc5c(c4)C(=O)N(C4CCC(=O)NC4=O)C5=O)CC3)c(F)c2)C(C)(C)C1Oc1ccc(C#N)c(Cl)c1. The summed E-state index contributed by atoms with van der Waals surface area (Å²) in [5.41, 5.74) is 0.242. The van der Waals surface area contributed by atoms with Crippen molar-refractivity contribution in [2.45, 2.75) is 71.6 Å². The Morgan fingerprint density at radius 3 is 2.27 bits per heavy atom. The Balaban J connectivity index is 0.832. The number of carbonyl (C=O) groups excluding carboxylic acids is 5. The van der Waals surface area contributed by atoms with E-state index in [1.165, 1.54) is 0 Å². The molecule has 1 atom stereocenters. The molecule has 0 radical (unpaired) electrons. The van der Waals surface area contributed by atoms with Gasteiger partial charge in [-0.05, 0) is 55.3 Å². The molecule has 1 saturated carbocycles. The molecular formula is C44H47ClF2N6O7. The number of hydrogen-bond donors (Lipinski definition) is 2. The molecule has 1 unspecified atom stereocenters. The Labute approximate surface area is 351 Å². The number of nitriles is 1. The molecule has 0 spiro atoms. The van der Waals surface area contributed by atoms with E-state index in [4.69, 9.17) is 21.1 Å². The molecule has 60 heavy (non-hydrogen) atoms. The number of carbonyl (C=O) groups is 5. The lowest BCUT2D eigenvalue weighted by molar-refractivity contribution is -0.164. The van der Waals surface area contributed by atoms with Crippen molar-refractivity contribution in [3.8, 4) is 11.8 Å². The number of imide groups is 2. The largest absolute Gasteiger partial charge is 0.489 e. The van der Waals surface area contributed by atoms with E-state index in [0.29, 0.717) is 37.4 Å². The number of benzene rings is 3. The fourth-order valence-corrected chi connectivity index (χ4v) is 9.55. The van der Waals surface area contributed by atoms with Crippen molar-refractivity contribution in [3.63, 3.8) is 0 Å². The van der Waals surface area contributed by atoms with E-state index in [9.17, 15) is 29.2 Å². The molecule has 3 fully saturated rings. The normalized spacial score (nSPS) is 22.2. The number of rotatable bonds is 13. The van der Waals surface area contributed by atoms with E-state index in [1.54, 1.807) is 36.4 Å². The Bertz CT molecular complexity index is 2250. The van der Waals surface area contributed by atoms with Crippen LogP contribution in [0.5, 0.6) is 5.75 Å². The lowest BCUT2D eigenvalue weighted by atomic mass is 9.49. The number of piperidine rings is 1. The third kappa shape index (κ3) is 8.20. The molecule has 5 amide bonds. The number of nitrogens with one attached hydrogen (secondary N) is 2. The summed E-state index contributed by atoms with van der Waals surface area (Å²) in [7, 11) is 0. The Morgan fingerprint density at radius 1 is 0.933 bits per heavy atom. The van der Waals surface area contributed by atoms with Gasteiger partial charge in [0.05, 0.1) is 28.3 Å². The van der Waals surface area contributed by atoms with Crippen LogP contribution >= 0.6 is 11.6 Å². The van der Waals surface area contributed by atoms with Crippen LogP contribution in [0.3, 0.4) is 0 Å². The highest BCUT2D eigenvalue weighted by Gasteiger charge is 2.64. The molecule has 4 aliphatic rings. The highest BCUT2D eigenvalue weighted by molar-refractivity contribution is 6.31. The predicted molar refractivity (Wildman–Crippen MR) is 217 cm³/mol. The molecule has 7 rings (SSSR count). The quantitative estimate of drug-likeness (QED) is 0.171. The molecule has 3 aromatic carbocycles. The zero-order valence-electron chi connectivity index (χ0n) is 33.9. The molecule has 0 aromatic heterocycles. The van der Waals surface area contributed by atoms with Crippen molar-refractivity contribution in [2.75, 3.05) is 50.8 Å². The van der Waals surface area contributed by atoms with Crippen LogP contribution in [0.4, 0.5) is 14.5 Å². The summed E-state index contributed by atoms with van der Waals surface area (Å²) in [5.74, 6) is -3.89. The van der Waals surface area contributed by atoms with Crippen LogP contribution in [-0.2, 0) is 20.7 Å². The molecule has 316 valence electrons. The second-order valence-electron chi connectivity index (χ2n) is 16.9. The summed E-state index contributed by atoms with van der Waals surface area (Å²) in [5, 5.41) is 14.6. The molecular weight excluding hydrogens is 798 g/mol. The van der Waals surface area contributed by atoms with E-state index in [2.05, 4.69) is 20.4 Å². The number of ether oxygens (including phenoxy) is 2. The summed E-state index contributed by atoms with van der Waals surface area (Å²) in [6.07, 6.45) is 0.523. The fraction of sp³-hybridized carbons (Fsp3) is 0.455. The van der Waals surface area contributed by atoms with Gasteiger partial charge in [-0.3, -0.25) is 39.1 Å². The zero-order chi connectivity index (χ0) is 43.1.